The van der Waals surface area contributed by atoms with Crippen molar-refractivity contribution < 1.29 is 9.90 Å². The van der Waals surface area contributed by atoms with Gasteiger partial charge in [-0.05, 0) is 30.7 Å². The van der Waals surface area contributed by atoms with E-state index in [0.29, 0.717) is 10.6 Å². The van der Waals surface area contributed by atoms with Gasteiger partial charge < -0.3 is 5.11 Å². The minimum absolute atomic E-state index is 0.484. The van der Waals surface area contributed by atoms with Crippen molar-refractivity contribution in [3.8, 4) is 5.69 Å². The van der Waals surface area contributed by atoms with Crippen LogP contribution in [0.4, 0.5) is 0 Å². The van der Waals surface area contributed by atoms with E-state index in [-0.39, 0.29) is 0 Å². The second kappa shape index (κ2) is 5.06. The van der Waals surface area contributed by atoms with Crippen LogP contribution >= 0.6 is 11.6 Å². The van der Waals surface area contributed by atoms with E-state index >= 15 is 0 Å². The van der Waals surface area contributed by atoms with Crippen molar-refractivity contribution in [2.24, 2.45) is 0 Å². The summed E-state index contributed by atoms with van der Waals surface area (Å²) < 4.78 is 1.67. The van der Waals surface area contributed by atoms with Crippen LogP contribution in [-0.2, 0) is 4.79 Å². The highest BCUT2D eigenvalue weighted by atomic mass is 35.5. The molecule has 0 aliphatic rings. The molecule has 4 nitrogen and oxygen atoms in total. The number of rotatable bonds is 3. The zero-order valence-electron chi connectivity index (χ0n) is 9.67. The fourth-order valence-corrected chi connectivity index (χ4v) is 1.82. The molecule has 0 fully saturated rings. The summed E-state index contributed by atoms with van der Waals surface area (Å²) in [4.78, 5) is 10.6. The lowest BCUT2D eigenvalue weighted by Gasteiger charge is -2.07. The van der Waals surface area contributed by atoms with Crippen LogP contribution < -0.4 is 0 Å². The lowest BCUT2D eigenvalue weighted by molar-refractivity contribution is -0.131. The van der Waals surface area contributed by atoms with Gasteiger partial charge in [0.15, 0.2) is 0 Å². The van der Waals surface area contributed by atoms with E-state index in [1.165, 1.54) is 6.08 Å². The molecular formula is C13H11ClN2O2. The molecule has 2 aromatic rings. The third-order valence-corrected chi connectivity index (χ3v) is 2.71. The smallest absolute Gasteiger partial charge is 0.328 e. The van der Waals surface area contributed by atoms with E-state index in [0.717, 1.165) is 17.3 Å². The Bertz CT molecular complexity index is 617. The number of aliphatic carboxylic acids is 1. The normalized spacial score (nSPS) is 11.0. The number of carboxylic acids is 1. The van der Waals surface area contributed by atoms with Gasteiger partial charge in [0.2, 0.25) is 0 Å². The molecule has 1 aromatic heterocycles. The number of halogens is 1. The summed E-state index contributed by atoms with van der Waals surface area (Å²) in [7, 11) is 0. The predicted molar refractivity (Wildman–Crippen MR) is 70.0 cm³/mol. The first-order valence-electron chi connectivity index (χ1n) is 5.29. The number of carbonyl (C=O) groups is 1. The number of nitrogens with zero attached hydrogens (tertiary/aromatic N) is 2. The Hall–Kier alpha value is -2.07. The maximum Gasteiger partial charge on any atom is 0.328 e. The van der Waals surface area contributed by atoms with E-state index in [1.54, 1.807) is 23.0 Å². The van der Waals surface area contributed by atoms with Crippen LogP contribution in [0, 0.1) is 6.92 Å². The van der Waals surface area contributed by atoms with E-state index in [2.05, 4.69) is 5.10 Å². The monoisotopic (exact) mass is 262 g/mol. The van der Waals surface area contributed by atoms with Crippen LogP contribution in [0.5, 0.6) is 0 Å². The van der Waals surface area contributed by atoms with Gasteiger partial charge in [-0.25, -0.2) is 9.48 Å². The molecule has 0 aliphatic carbocycles. The van der Waals surface area contributed by atoms with Crippen LogP contribution in [0.15, 0.2) is 36.7 Å². The van der Waals surface area contributed by atoms with Crippen molar-refractivity contribution in [1.82, 2.24) is 9.78 Å². The lowest BCUT2D eigenvalue weighted by atomic mass is 10.1. The van der Waals surface area contributed by atoms with Gasteiger partial charge in [0, 0.05) is 22.9 Å². The minimum Gasteiger partial charge on any atom is -0.478 e. The SMILES string of the molecule is Cc1cnn(-c2cccc(Cl)c2/C=C/C(=O)O)c1. The first kappa shape index (κ1) is 12.4. The molecule has 2 rings (SSSR count). The molecule has 1 aromatic carbocycles. The molecule has 0 aliphatic heterocycles. The highest BCUT2D eigenvalue weighted by molar-refractivity contribution is 6.32. The lowest BCUT2D eigenvalue weighted by Crippen LogP contribution is -1.98. The Morgan fingerprint density at radius 3 is 2.89 bits per heavy atom. The van der Waals surface area contributed by atoms with E-state index in [1.807, 2.05) is 19.2 Å². The molecule has 18 heavy (non-hydrogen) atoms. The Morgan fingerprint density at radius 1 is 1.50 bits per heavy atom. The van der Waals surface area contributed by atoms with Crippen LogP contribution in [-0.4, -0.2) is 20.9 Å². The van der Waals surface area contributed by atoms with Gasteiger partial charge in [-0.2, -0.15) is 5.10 Å². The number of hydrogen-bond donors (Lipinski definition) is 1. The highest BCUT2D eigenvalue weighted by Gasteiger charge is 2.07. The van der Waals surface area contributed by atoms with Gasteiger partial charge in [-0.15, -0.1) is 0 Å². The Labute approximate surface area is 109 Å². The molecule has 0 radical (unpaired) electrons. The molecule has 0 spiro atoms. The van der Waals surface area contributed by atoms with Crippen LogP contribution in [0.1, 0.15) is 11.1 Å². The van der Waals surface area contributed by atoms with Crippen molar-refractivity contribution in [1.29, 1.82) is 0 Å². The van der Waals surface area contributed by atoms with Crippen molar-refractivity contribution in [2.75, 3.05) is 0 Å². The second-order valence-electron chi connectivity index (χ2n) is 3.81. The molecule has 0 unspecified atom stereocenters. The third-order valence-electron chi connectivity index (χ3n) is 2.38. The molecule has 0 bridgehead atoms. The number of benzene rings is 1. The van der Waals surface area contributed by atoms with Crippen molar-refractivity contribution in [3.63, 3.8) is 0 Å². The number of aryl methyl sites for hydroxylation is 1. The van der Waals surface area contributed by atoms with Gasteiger partial charge in [0.05, 0.1) is 11.9 Å². The maximum absolute atomic E-state index is 10.6. The van der Waals surface area contributed by atoms with Gasteiger partial charge in [-0.3, -0.25) is 0 Å². The zero-order chi connectivity index (χ0) is 13.1. The number of aromatic nitrogens is 2. The standard InChI is InChI=1S/C13H11ClN2O2/c1-9-7-15-16(8-9)12-4-2-3-11(14)10(12)5-6-13(17)18/h2-8H,1H3,(H,17,18)/b6-5+. The van der Waals surface area contributed by atoms with Gasteiger partial charge in [0.1, 0.15) is 0 Å². The highest BCUT2D eigenvalue weighted by Crippen LogP contribution is 2.24. The Morgan fingerprint density at radius 2 is 2.28 bits per heavy atom. The molecule has 0 amide bonds. The van der Waals surface area contributed by atoms with E-state index < -0.39 is 5.97 Å². The Kier molecular flexibility index (Phi) is 3.48. The topological polar surface area (TPSA) is 55.1 Å². The van der Waals surface area contributed by atoms with Crippen molar-refractivity contribution in [2.45, 2.75) is 6.92 Å². The number of carboxylic acid groups (broad SMARTS) is 1. The quantitative estimate of drug-likeness (QED) is 0.866. The maximum atomic E-state index is 10.6. The molecule has 1 heterocycles. The summed E-state index contributed by atoms with van der Waals surface area (Å²) in [6, 6.07) is 5.34. The first-order chi connectivity index (χ1) is 8.58. The Balaban J connectivity index is 2.54. The molecule has 5 heteroatoms. The van der Waals surface area contributed by atoms with Crippen molar-refractivity contribution >= 4 is 23.6 Å². The van der Waals surface area contributed by atoms with E-state index in [4.69, 9.17) is 16.7 Å². The average Bonchev–Trinajstić information content (AvgIpc) is 2.73. The van der Waals surface area contributed by atoms with Crippen LogP contribution in [0.2, 0.25) is 5.02 Å². The summed E-state index contributed by atoms with van der Waals surface area (Å²) in [5.74, 6) is -1.02. The van der Waals surface area contributed by atoms with Crippen LogP contribution in [0.25, 0.3) is 11.8 Å². The van der Waals surface area contributed by atoms with Gasteiger partial charge >= 0.3 is 5.97 Å². The molecule has 92 valence electrons. The molecular weight excluding hydrogens is 252 g/mol. The van der Waals surface area contributed by atoms with Crippen molar-refractivity contribution in [3.05, 3.63) is 52.8 Å². The summed E-state index contributed by atoms with van der Waals surface area (Å²) in [5, 5.41) is 13.4. The number of hydrogen-bond acceptors (Lipinski definition) is 2. The average molecular weight is 263 g/mol. The molecule has 0 saturated carbocycles. The molecule has 0 atom stereocenters. The summed E-state index contributed by atoms with van der Waals surface area (Å²) in [6.45, 7) is 1.93. The predicted octanol–water partition coefficient (Wildman–Crippen LogP) is 2.93. The summed E-state index contributed by atoms with van der Waals surface area (Å²) in [5.41, 5.74) is 2.39. The fourth-order valence-electron chi connectivity index (χ4n) is 1.59. The van der Waals surface area contributed by atoms with Gasteiger partial charge in [-0.1, -0.05) is 17.7 Å². The molecule has 1 N–H and O–H groups in total. The summed E-state index contributed by atoms with van der Waals surface area (Å²) >= 11 is 6.08. The fraction of sp³-hybridized carbons (Fsp3) is 0.0769. The second-order valence-corrected chi connectivity index (χ2v) is 4.21. The minimum atomic E-state index is -1.02. The third kappa shape index (κ3) is 2.60. The largest absolute Gasteiger partial charge is 0.478 e. The molecule has 0 saturated heterocycles. The van der Waals surface area contributed by atoms with Crippen LogP contribution in [0.3, 0.4) is 0 Å². The zero-order valence-corrected chi connectivity index (χ0v) is 10.4. The van der Waals surface area contributed by atoms with Gasteiger partial charge in [0.25, 0.3) is 0 Å². The van der Waals surface area contributed by atoms with E-state index in [9.17, 15) is 4.79 Å². The summed E-state index contributed by atoms with van der Waals surface area (Å²) in [6.07, 6.45) is 6.10. The first-order valence-corrected chi connectivity index (χ1v) is 5.67.